The number of anilines is 1. The summed E-state index contributed by atoms with van der Waals surface area (Å²) in [6.45, 7) is 0.512. The molecule has 1 heterocycles. The predicted molar refractivity (Wildman–Crippen MR) is 77.1 cm³/mol. The van der Waals surface area contributed by atoms with E-state index in [2.05, 4.69) is 4.98 Å². The van der Waals surface area contributed by atoms with Crippen molar-refractivity contribution in [2.24, 2.45) is 0 Å². The number of aromatic nitrogens is 1. The van der Waals surface area contributed by atoms with E-state index in [1.807, 2.05) is 12.1 Å². The van der Waals surface area contributed by atoms with Crippen molar-refractivity contribution in [3.05, 3.63) is 59.4 Å². The van der Waals surface area contributed by atoms with Crippen molar-refractivity contribution in [2.75, 3.05) is 18.5 Å². The quantitative estimate of drug-likeness (QED) is 0.781. The summed E-state index contributed by atoms with van der Waals surface area (Å²) in [6, 6.07) is 6.32. The first-order valence-electron chi connectivity index (χ1n) is 6.25. The SMILES string of the molecule is CN(CCc1ccncc1)c1c(F)cc(CCl)cc1F. The van der Waals surface area contributed by atoms with E-state index < -0.39 is 11.6 Å². The molecule has 0 saturated heterocycles. The van der Waals surface area contributed by atoms with Crippen LogP contribution < -0.4 is 4.90 Å². The number of hydrogen-bond donors (Lipinski definition) is 0. The van der Waals surface area contributed by atoms with Crippen LogP contribution in [-0.2, 0) is 12.3 Å². The fraction of sp³-hybridized carbons (Fsp3) is 0.267. The van der Waals surface area contributed by atoms with Gasteiger partial charge in [0, 0.05) is 31.9 Å². The maximum atomic E-state index is 13.9. The van der Waals surface area contributed by atoms with Crippen molar-refractivity contribution in [3.8, 4) is 0 Å². The highest BCUT2D eigenvalue weighted by molar-refractivity contribution is 6.17. The molecule has 0 aliphatic heterocycles. The van der Waals surface area contributed by atoms with Crippen LogP contribution in [0.15, 0.2) is 36.7 Å². The van der Waals surface area contributed by atoms with Gasteiger partial charge < -0.3 is 4.90 Å². The summed E-state index contributed by atoms with van der Waals surface area (Å²) in [5, 5.41) is 0. The Bertz CT molecular complexity index is 552. The molecule has 0 unspecified atom stereocenters. The number of likely N-dealkylation sites (N-methyl/N-ethyl adjacent to an activating group) is 1. The van der Waals surface area contributed by atoms with E-state index in [4.69, 9.17) is 11.6 Å². The van der Waals surface area contributed by atoms with Gasteiger partial charge in [-0.2, -0.15) is 0 Å². The Morgan fingerprint density at radius 1 is 1.10 bits per heavy atom. The van der Waals surface area contributed by atoms with Gasteiger partial charge in [-0.05, 0) is 41.8 Å². The highest BCUT2D eigenvalue weighted by atomic mass is 35.5. The molecule has 2 rings (SSSR count). The number of nitrogens with zero attached hydrogens (tertiary/aromatic N) is 2. The smallest absolute Gasteiger partial charge is 0.149 e. The Kier molecular flexibility index (Phi) is 4.90. The summed E-state index contributed by atoms with van der Waals surface area (Å²) in [5.74, 6) is -1.08. The van der Waals surface area contributed by atoms with Gasteiger partial charge in [0.25, 0.3) is 0 Å². The molecular formula is C15H15ClF2N2. The fourth-order valence-corrected chi connectivity index (χ4v) is 2.17. The molecule has 0 saturated carbocycles. The average molecular weight is 297 g/mol. The number of hydrogen-bond acceptors (Lipinski definition) is 2. The number of halogens is 3. The van der Waals surface area contributed by atoms with Gasteiger partial charge in [0.15, 0.2) is 0 Å². The van der Waals surface area contributed by atoms with E-state index >= 15 is 0 Å². The van der Waals surface area contributed by atoms with Gasteiger partial charge in [-0.1, -0.05) is 0 Å². The molecule has 0 fully saturated rings. The van der Waals surface area contributed by atoms with Gasteiger partial charge in [0.05, 0.1) is 0 Å². The van der Waals surface area contributed by atoms with Crippen LogP contribution in [0.1, 0.15) is 11.1 Å². The van der Waals surface area contributed by atoms with Crippen molar-refractivity contribution in [2.45, 2.75) is 12.3 Å². The monoisotopic (exact) mass is 296 g/mol. The van der Waals surface area contributed by atoms with Gasteiger partial charge in [0.1, 0.15) is 17.3 Å². The molecule has 106 valence electrons. The average Bonchev–Trinajstić information content (AvgIpc) is 2.45. The van der Waals surface area contributed by atoms with E-state index in [1.165, 1.54) is 12.1 Å². The number of benzene rings is 1. The van der Waals surface area contributed by atoms with E-state index in [0.29, 0.717) is 18.5 Å². The largest absolute Gasteiger partial charge is 0.370 e. The Morgan fingerprint density at radius 3 is 2.25 bits per heavy atom. The number of rotatable bonds is 5. The molecule has 0 radical (unpaired) electrons. The van der Waals surface area contributed by atoms with Crippen molar-refractivity contribution < 1.29 is 8.78 Å². The van der Waals surface area contributed by atoms with Crippen LogP contribution in [0.4, 0.5) is 14.5 Å². The zero-order valence-electron chi connectivity index (χ0n) is 11.1. The van der Waals surface area contributed by atoms with Gasteiger partial charge in [-0.15, -0.1) is 11.6 Å². The fourth-order valence-electron chi connectivity index (χ4n) is 2.02. The summed E-state index contributed by atoms with van der Waals surface area (Å²) >= 11 is 5.59. The van der Waals surface area contributed by atoms with Crippen LogP contribution in [0.2, 0.25) is 0 Å². The molecule has 2 nitrogen and oxygen atoms in total. The lowest BCUT2D eigenvalue weighted by Crippen LogP contribution is -2.22. The van der Waals surface area contributed by atoms with Gasteiger partial charge >= 0.3 is 0 Å². The summed E-state index contributed by atoms with van der Waals surface area (Å²) in [4.78, 5) is 5.50. The van der Waals surface area contributed by atoms with E-state index in [-0.39, 0.29) is 11.6 Å². The second kappa shape index (κ2) is 6.66. The lowest BCUT2D eigenvalue weighted by Gasteiger charge is -2.21. The second-order valence-electron chi connectivity index (χ2n) is 4.57. The van der Waals surface area contributed by atoms with Gasteiger partial charge in [-0.3, -0.25) is 4.98 Å². The maximum Gasteiger partial charge on any atom is 0.149 e. The molecule has 0 N–H and O–H groups in total. The second-order valence-corrected chi connectivity index (χ2v) is 4.84. The van der Waals surface area contributed by atoms with E-state index in [1.54, 1.807) is 24.3 Å². The lowest BCUT2D eigenvalue weighted by molar-refractivity contribution is 0.574. The van der Waals surface area contributed by atoms with Crippen LogP contribution in [0.5, 0.6) is 0 Å². The molecule has 2 aromatic rings. The molecule has 0 bridgehead atoms. The molecule has 0 atom stereocenters. The third-order valence-corrected chi connectivity index (χ3v) is 3.41. The Balaban J connectivity index is 2.11. The molecule has 1 aromatic heterocycles. The molecule has 5 heteroatoms. The van der Waals surface area contributed by atoms with Crippen molar-refractivity contribution in [1.82, 2.24) is 4.98 Å². The molecule has 0 aliphatic carbocycles. The van der Waals surface area contributed by atoms with Crippen LogP contribution >= 0.6 is 11.6 Å². The molecule has 0 spiro atoms. The molecule has 1 aromatic carbocycles. The first kappa shape index (κ1) is 14.7. The molecule has 0 amide bonds. The highest BCUT2D eigenvalue weighted by Gasteiger charge is 2.15. The standard InChI is InChI=1S/C15H15ClF2N2/c1-20(7-4-11-2-5-19-6-3-11)15-13(17)8-12(10-16)9-14(15)18/h2-3,5-6,8-9H,4,7,10H2,1H3. The van der Waals surface area contributed by atoms with Crippen molar-refractivity contribution >= 4 is 17.3 Å². The predicted octanol–water partition coefficient (Wildman–Crippen LogP) is 3.78. The summed E-state index contributed by atoms with van der Waals surface area (Å²) in [6.07, 6.45) is 4.09. The lowest BCUT2D eigenvalue weighted by atomic mass is 10.1. The van der Waals surface area contributed by atoms with Crippen LogP contribution in [0.3, 0.4) is 0 Å². The summed E-state index contributed by atoms with van der Waals surface area (Å²) in [7, 11) is 1.67. The summed E-state index contributed by atoms with van der Waals surface area (Å²) < 4.78 is 27.8. The minimum Gasteiger partial charge on any atom is -0.370 e. The van der Waals surface area contributed by atoms with E-state index in [9.17, 15) is 8.78 Å². The topological polar surface area (TPSA) is 16.1 Å². The van der Waals surface area contributed by atoms with Crippen LogP contribution in [0, 0.1) is 11.6 Å². The van der Waals surface area contributed by atoms with Crippen molar-refractivity contribution in [3.63, 3.8) is 0 Å². The van der Waals surface area contributed by atoms with Crippen molar-refractivity contribution in [1.29, 1.82) is 0 Å². The first-order chi connectivity index (χ1) is 9.61. The zero-order valence-corrected chi connectivity index (χ0v) is 11.9. The normalized spacial score (nSPS) is 10.6. The first-order valence-corrected chi connectivity index (χ1v) is 6.79. The molecule has 20 heavy (non-hydrogen) atoms. The Morgan fingerprint density at radius 2 is 1.70 bits per heavy atom. The third kappa shape index (κ3) is 3.45. The van der Waals surface area contributed by atoms with Gasteiger partial charge in [0.2, 0.25) is 0 Å². The molecular weight excluding hydrogens is 282 g/mol. The van der Waals surface area contributed by atoms with E-state index in [0.717, 1.165) is 5.56 Å². The number of alkyl halides is 1. The van der Waals surface area contributed by atoms with Gasteiger partial charge in [-0.25, -0.2) is 8.78 Å². The Labute approximate surface area is 122 Å². The number of pyridine rings is 1. The Hall–Kier alpha value is -1.68. The third-order valence-electron chi connectivity index (χ3n) is 3.10. The molecule has 0 aliphatic rings. The minimum atomic E-state index is -0.585. The highest BCUT2D eigenvalue weighted by Crippen LogP contribution is 2.25. The maximum absolute atomic E-state index is 13.9. The minimum absolute atomic E-state index is 0.0204. The summed E-state index contributed by atoms with van der Waals surface area (Å²) in [5.41, 5.74) is 1.49. The zero-order chi connectivity index (χ0) is 14.5. The van der Waals surface area contributed by atoms with Crippen LogP contribution in [0.25, 0.3) is 0 Å². The van der Waals surface area contributed by atoms with Crippen LogP contribution in [-0.4, -0.2) is 18.6 Å².